The topological polar surface area (TPSA) is 84.1 Å². The number of ether oxygens (including phenoxy) is 1. The number of para-hydroxylation sites is 2. The molecule has 0 atom stereocenters. The Kier molecular flexibility index (Phi) is 6.07. The van der Waals surface area contributed by atoms with Crippen molar-refractivity contribution in [2.75, 3.05) is 17.7 Å². The fourth-order valence-electron chi connectivity index (χ4n) is 1.82. The van der Waals surface area contributed by atoms with Crippen LogP contribution < -0.4 is 15.6 Å². The van der Waals surface area contributed by atoms with E-state index >= 15 is 0 Å². The number of hydrogen-bond acceptors (Lipinski definition) is 5. The van der Waals surface area contributed by atoms with Gasteiger partial charge in [0.1, 0.15) is 5.75 Å². The molecule has 0 aliphatic rings. The first kappa shape index (κ1) is 18.8. The molecular formula is C15H14F3N3O3S. The predicted octanol–water partition coefficient (Wildman–Crippen LogP) is 2.92. The van der Waals surface area contributed by atoms with Gasteiger partial charge in [0.25, 0.3) is 5.56 Å². The smallest absolute Gasteiger partial charge is 0.433 e. The lowest BCUT2D eigenvalue weighted by Crippen LogP contribution is -2.18. The Morgan fingerprint density at radius 1 is 1.36 bits per heavy atom. The van der Waals surface area contributed by atoms with Crippen LogP contribution in [-0.4, -0.2) is 28.2 Å². The number of amides is 1. The number of thioether (sulfide) groups is 1. The number of aromatic amines is 1. The molecule has 0 saturated heterocycles. The predicted molar refractivity (Wildman–Crippen MR) is 86.8 cm³/mol. The van der Waals surface area contributed by atoms with Crippen LogP contribution in [0.2, 0.25) is 0 Å². The second kappa shape index (κ2) is 8.06. The summed E-state index contributed by atoms with van der Waals surface area (Å²) in [6, 6.07) is 7.13. The zero-order valence-corrected chi connectivity index (χ0v) is 13.8. The fraction of sp³-hybridized carbons (Fsp3) is 0.267. The number of benzene rings is 1. The normalized spacial score (nSPS) is 11.2. The quantitative estimate of drug-likeness (QED) is 0.601. The molecule has 25 heavy (non-hydrogen) atoms. The van der Waals surface area contributed by atoms with Crippen molar-refractivity contribution in [1.29, 1.82) is 0 Å². The van der Waals surface area contributed by atoms with Gasteiger partial charge < -0.3 is 15.0 Å². The number of carbonyl (C=O) groups is 1. The molecule has 1 aromatic heterocycles. The Morgan fingerprint density at radius 2 is 2.08 bits per heavy atom. The number of aromatic nitrogens is 2. The Labute approximate surface area is 144 Å². The van der Waals surface area contributed by atoms with Crippen LogP contribution in [0.1, 0.15) is 12.6 Å². The van der Waals surface area contributed by atoms with Crippen molar-refractivity contribution in [2.45, 2.75) is 18.3 Å². The van der Waals surface area contributed by atoms with Crippen LogP contribution >= 0.6 is 11.8 Å². The average molecular weight is 373 g/mol. The summed E-state index contributed by atoms with van der Waals surface area (Å²) >= 11 is 0.692. The van der Waals surface area contributed by atoms with Gasteiger partial charge >= 0.3 is 6.18 Å². The monoisotopic (exact) mass is 373 g/mol. The summed E-state index contributed by atoms with van der Waals surface area (Å²) in [5, 5.41) is 2.31. The average Bonchev–Trinajstić information content (AvgIpc) is 2.54. The SMILES string of the molecule is CCOc1ccccc1NC(=O)CSc1nc(C(F)(F)F)cc(=O)[nH]1. The molecule has 2 rings (SSSR count). The van der Waals surface area contributed by atoms with Gasteiger partial charge in [0.15, 0.2) is 10.9 Å². The van der Waals surface area contributed by atoms with E-state index < -0.39 is 23.3 Å². The molecular weight excluding hydrogens is 359 g/mol. The number of halogens is 3. The van der Waals surface area contributed by atoms with Gasteiger partial charge in [-0.05, 0) is 19.1 Å². The molecule has 0 aliphatic heterocycles. The van der Waals surface area contributed by atoms with E-state index in [-0.39, 0.29) is 10.9 Å². The number of rotatable bonds is 6. The molecule has 0 aliphatic carbocycles. The summed E-state index contributed by atoms with van der Waals surface area (Å²) in [5.74, 6) is -0.226. The Hall–Kier alpha value is -2.49. The first-order chi connectivity index (χ1) is 11.8. The van der Waals surface area contributed by atoms with Crippen molar-refractivity contribution in [3.05, 3.63) is 46.4 Å². The Morgan fingerprint density at radius 3 is 2.76 bits per heavy atom. The first-order valence-electron chi connectivity index (χ1n) is 7.12. The number of anilines is 1. The maximum Gasteiger partial charge on any atom is 0.433 e. The molecule has 0 bridgehead atoms. The lowest BCUT2D eigenvalue weighted by molar-refractivity contribution is -0.141. The molecule has 1 amide bonds. The van der Waals surface area contributed by atoms with Crippen LogP contribution in [0.5, 0.6) is 5.75 Å². The molecule has 134 valence electrons. The third-order valence-corrected chi connectivity index (χ3v) is 3.68. The van der Waals surface area contributed by atoms with Crippen molar-refractivity contribution < 1.29 is 22.7 Å². The van der Waals surface area contributed by atoms with Crippen molar-refractivity contribution in [3.63, 3.8) is 0 Å². The van der Waals surface area contributed by atoms with Crippen molar-refractivity contribution >= 4 is 23.4 Å². The molecule has 1 heterocycles. The van der Waals surface area contributed by atoms with Crippen LogP contribution in [0, 0.1) is 0 Å². The molecule has 0 fully saturated rings. The summed E-state index contributed by atoms with van der Waals surface area (Å²) < 4.78 is 43.3. The summed E-state index contributed by atoms with van der Waals surface area (Å²) in [6.07, 6.45) is -4.73. The molecule has 2 N–H and O–H groups in total. The van der Waals surface area contributed by atoms with Gasteiger partial charge in [-0.15, -0.1) is 0 Å². The lowest BCUT2D eigenvalue weighted by Gasteiger charge is -2.11. The fourth-order valence-corrected chi connectivity index (χ4v) is 2.50. The van der Waals surface area contributed by atoms with Crippen LogP contribution in [-0.2, 0) is 11.0 Å². The zero-order valence-electron chi connectivity index (χ0n) is 13.0. The summed E-state index contributed by atoms with van der Waals surface area (Å²) in [4.78, 5) is 28.7. The molecule has 1 aromatic carbocycles. The van der Waals surface area contributed by atoms with Crippen molar-refractivity contribution in [1.82, 2.24) is 9.97 Å². The van der Waals surface area contributed by atoms with Gasteiger partial charge in [0.05, 0.1) is 18.0 Å². The van der Waals surface area contributed by atoms with Gasteiger partial charge in [-0.1, -0.05) is 23.9 Å². The van der Waals surface area contributed by atoms with Gasteiger partial charge in [-0.25, -0.2) is 4.98 Å². The maximum absolute atomic E-state index is 12.6. The molecule has 0 unspecified atom stereocenters. The minimum atomic E-state index is -4.73. The highest BCUT2D eigenvalue weighted by atomic mass is 32.2. The molecule has 0 saturated carbocycles. The number of hydrogen-bond donors (Lipinski definition) is 2. The second-order valence-electron chi connectivity index (χ2n) is 4.70. The molecule has 0 spiro atoms. The standard InChI is InChI=1S/C15H14F3N3O3S/c1-2-24-10-6-4-3-5-9(10)19-13(23)8-25-14-20-11(15(16,17)18)7-12(22)21-14/h3-7H,2,8H2,1H3,(H,19,23)(H,20,21,22). The summed E-state index contributed by atoms with van der Waals surface area (Å²) in [6.45, 7) is 2.21. The van der Waals surface area contributed by atoms with Gasteiger partial charge in [-0.3, -0.25) is 9.59 Å². The highest BCUT2D eigenvalue weighted by Crippen LogP contribution is 2.28. The van der Waals surface area contributed by atoms with Crippen LogP contribution in [0.15, 0.2) is 40.3 Å². The van der Waals surface area contributed by atoms with Crippen molar-refractivity contribution in [3.8, 4) is 5.75 Å². The van der Waals surface area contributed by atoms with E-state index in [4.69, 9.17) is 4.74 Å². The number of nitrogens with zero attached hydrogens (tertiary/aromatic N) is 1. The van der Waals surface area contributed by atoms with Gasteiger partial charge in [0.2, 0.25) is 5.91 Å². The molecule has 2 aromatic rings. The lowest BCUT2D eigenvalue weighted by atomic mass is 10.3. The highest BCUT2D eigenvalue weighted by molar-refractivity contribution is 7.99. The van der Waals surface area contributed by atoms with E-state index in [2.05, 4.69) is 15.3 Å². The maximum atomic E-state index is 12.6. The second-order valence-corrected chi connectivity index (χ2v) is 5.66. The van der Waals surface area contributed by atoms with E-state index in [0.29, 0.717) is 35.9 Å². The first-order valence-corrected chi connectivity index (χ1v) is 8.11. The van der Waals surface area contributed by atoms with Crippen LogP contribution in [0.4, 0.5) is 18.9 Å². The van der Waals surface area contributed by atoms with E-state index in [1.165, 1.54) is 0 Å². The Bertz CT molecular complexity index is 808. The molecule has 10 heteroatoms. The van der Waals surface area contributed by atoms with E-state index in [1.807, 2.05) is 0 Å². The van der Waals surface area contributed by atoms with Gasteiger partial charge in [0, 0.05) is 6.07 Å². The Balaban J connectivity index is 2.04. The third-order valence-electron chi connectivity index (χ3n) is 2.81. The summed E-state index contributed by atoms with van der Waals surface area (Å²) in [7, 11) is 0. The van der Waals surface area contributed by atoms with Crippen molar-refractivity contribution in [2.24, 2.45) is 0 Å². The highest BCUT2D eigenvalue weighted by Gasteiger charge is 2.33. The largest absolute Gasteiger partial charge is 0.492 e. The number of alkyl halides is 3. The number of carbonyl (C=O) groups excluding carboxylic acids is 1. The van der Waals surface area contributed by atoms with E-state index in [1.54, 1.807) is 31.2 Å². The van der Waals surface area contributed by atoms with E-state index in [0.717, 1.165) is 0 Å². The van der Waals surface area contributed by atoms with Crippen LogP contribution in [0.3, 0.4) is 0 Å². The minimum Gasteiger partial charge on any atom is -0.492 e. The molecule has 0 radical (unpaired) electrons. The van der Waals surface area contributed by atoms with Gasteiger partial charge in [-0.2, -0.15) is 13.2 Å². The molecule has 6 nitrogen and oxygen atoms in total. The third kappa shape index (κ3) is 5.52. The minimum absolute atomic E-state index is 0.231. The number of nitrogens with one attached hydrogen (secondary N) is 2. The van der Waals surface area contributed by atoms with E-state index in [9.17, 15) is 22.8 Å². The van der Waals surface area contributed by atoms with Crippen LogP contribution in [0.25, 0.3) is 0 Å². The zero-order chi connectivity index (χ0) is 18.4. The summed E-state index contributed by atoms with van der Waals surface area (Å²) in [5.41, 5.74) is -1.80. The number of H-pyrrole nitrogens is 1.